The molecule has 0 spiro atoms. The van der Waals surface area contributed by atoms with E-state index in [4.69, 9.17) is 5.26 Å². The van der Waals surface area contributed by atoms with Gasteiger partial charge in [-0.3, -0.25) is 0 Å². The standard InChI is InChI=1S/C9H14N2/c10-7-11-8-3-1-4-9(11)6-2-5-8/h8-9H,1-6H2. The van der Waals surface area contributed by atoms with Crippen molar-refractivity contribution in [3.63, 3.8) is 0 Å². The third-order valence-corrected chi connectivity index (χ3v) is 3.05. The second-order valence-corrected chi connectivity index (χ2v) is 3.68. The fraction of sp³-hybridized carbons (Fsp3) is 0.889. The maximum atomic E-state index is 8.87. The number of nitrogens with zero attached hydrogens (tertiary/aromatic N) is 2. The predicted molar refractivity (Wildman–Crippen MR) is 42.7 cm³/mol. The molecule has 2 saturated heterocycles. The summed E-state index contributed by atoms with van der Waals surface area (Å²) >= 11 is 0. The van der Waals surface area contributed by atoms with Crippen molar-refractivity contribution in [3.05, 3.63) is 0 Å². The van der Waals surface area contributed by atoms with Gasteiger partial charge in [0.15, 0.2) is 6.19 Å². The number of piperidine rings is 2. The first-order valence-electron chi connectivity index (χ1n) is 4.60. The van der Waals surface area contributed by atoms with Gasteiger partial charge in [-0.1, -0.05) is 0 Å². The molecule has 11 heavy (non-hydrogen) atoms. The molecule has 2 heteroatoms. The monoisotopic (exact) mass is 150 g/mol. The van der Waals surface area contributed by atoms with Crippen LogP contribution in [0.5, 0.6) is 0 Å². The van der Waals surface area contributed by atoms with Crippen molar-refractivity contribution in [1.29, 1.82) is 5.26 Å². The molecule has 0 radical (unpaired) electrons. The second kappa shape index (κ2) is 2.73. The highest BCUT2D eigenvalue weighted by Gasteiger charge is 2.32. The van der Waals surface area contributed by atoms with Crippen LogP contribution in [0.2, 0.25) is 0 Å². The largest absolute Gasteiger partial charge is 0.305 e. The summed E-state index contributed by atoms with van der Waals surface area (Å²) in [6.45, 7) is 0. The van der Waals surface area contributed by atoms with E-state index in [1.807, 2.05) is 4.90 Å². The minimum absolute atomic E-state index is 0.604. The van der Waals surface area contributed by atoms with Crippen molar-refractivity contribution in [2.24, 2.45) is 0 Å². The number of hydrogen-bond acceptors (Lipinski definition) is 2. The van der Waals surface area contributed by atoms with E-state index in [1.54, 1.807) is 0 Å². The number of hydrogen-bond donors (Lipinski definition) is 0. The molecule has 0 saturated carbocycles. The van der Waals surface area contributed by atoms with E-state index in [2.05, 4.69) is 6.19 Å². The summed E-state index contributed by atoms with van der Waals surface area (Å²) in [7, 11) is 0. The van der Waals surface area contributed by atoms with Gasteiger partial charge in [0.25, 0.3) is 0 Å². The fourth-order valence-electron chi connectivity index (χ4n) is 2.48. The Balaban J connectivity index is 2.12. The molecule has 2 rings (SSSR count). The highest BCUT2D eigenvalue weighted by Crippen LogP contribution is 2.32. The highest BCUT2D eigenvalue weighted by molar-refractivity contribution is 4.95. The summed E-state index contributed by atoms with van der Waals surface area (Å²) in [4.78, 5) is 2.05. The van der Waals surface area contributed by atoms with Gasteiger partial charge in [0.05, 0.1) is 0 Å². The first-order valence-corrected chi connectivity index (χ1v) is 4.60. The molecule has 0 aromatic rings. The third kappa shape index (κ3) is 1.09. The van der Waals surface area contributed by atoms with Crippen LogP contribution in [0, 0.1) is 11.5 Å². The summed E-state index contributed by atoms with van der Waals surface area (Å²) in [5.74, 6) is 0. The van der Waals surface area contributed by atoms with Crippen molar-refractivity contribution in [3.8, 4) is 6.19 Å². The van der Waals surface area contributed by atoms with Gasteiger partial charge in [-0.25, -0.2) is 0 Å². The Morgan fingerprint density at radius 2 is 1.45 bits per heavy atom. The minimum Gasteiger partial charge on any atom is -0.305 e. The van der Waals surface area contributed by atoms with Crippen LogP contribution in [0.1, 0.15) is 38.5 Å². The van der Waals surface area contributed by atoms with Crippen LogP contribution in [-0.2, 0) is 0 Å². The lowest BCUT2D eigenvalue weighted by molar-refractivity contribution is 0.0974. The summed E-state index contributed by atoms with van der Waals surface area (Å²) in [6.07, 6.45) is 10.0. The van der Waals surface area contributed by atoms with E-state index < -0.39 is 0 Å². The van der Waals surface area contributed by atoms with Gasteiger partial charge >= 0.3 is 0 Å². The molecule has 0 amide bonds. The van der Waals surface area contributed by atoms with E-state index in [0.717, 1.165) is 0 Å². The quantitative estimate of drug-likeness (QED) is 0.493. The van der Waals surface area contributed by atoms with Crippen molar-refractivity contribution in [2.75, 3.05) is 0 Å². The van der Waals surface area contributed by atoms with Gasteiger partial charge < -0.3 is 4.90 Å². The van der Waals surface area contributed by atoms with E-state index in [9.17, 15) is 0 Å². The Morgan fingerprint density at radius 3 is 1.73 bits per heavy atom. The third-order valence-electron chi connectivity index (χ3n) is 3.05. The van der Waals surface area contributed by atoms with Crippen LogP contribution >= 0.6 is 0 Å². The Morgan fingerprint density at radius 1 is 1.00 bits per heavy atom. The first-order chi connectivity index (χ1) is 5.42. The topological polar surface area (TPSA) is 27.0 Å². The molecule has 2 nitrogen and oxygen atoms in total. The molecule has 2 aliphatic rings. The van der Waals surface area contributed by atoms with Crippen LogP contribution in [-0.4, -0.2) is 17.0 Å². The number of fused-ring (bicyclic) bond motifs is 2. The van der Waals surface area contributed by atoms with Gasteiger partial charge in [-0.05, 0) is 38.5 Å². The van der Waals surface area contributed by atoms with Gasteiger partial charge in [0.2, 0.25) is 0 Å². The van der Waals surface area contributed by atoms with Crippen LogP contribution in [0.25, 0.3) is 0 Å². The van der Waals surface area contributed by atoms with Gasteiger partial charge in [-0.15, -0.1) is 0 Å². The van der Waals surface area contributed by atoms with Crippen LogP contribution in [0.3, 0.4) is 0 Å². The predicted octanol–water partition coefficient (Wildman–Crippen LogP) is 1.87. The molecule has 0 aliphatic carbocycles. The molecular weight excluding hydrogens is 136 g/mol. The van der Waals surface area contributed by atoms with E-state index in [-0.39, 0.29) is 0 Å². The number of rotatable bonds is 0. The van der Waals surface area contributed by atoms with E-state index in [0.29, 0.717) is 12.1 Å². The molecular formula is C9H14N2. The summed E-state index contributed by atoms with van der Waals surface area (Å²) in [5.41, 5.74) is 0. The van der Waals surface area contributed by atoms with Crippen LogP contribution < -0.4 is 0 Å². The van der Waals surface area contributed by atoms with Crippen LogP contribution in [0.4, 0.5) is 0 Å². The SMILES string of the molecule is N#CN1C2CCCC1CCC2. The molecule has 0 N–H and O–H groups in total. The summed E-state index contributed by atoms with van der Waals surface area (Å²) in [5, 5.41) is 8.87. The average molecular weight is 150 g/mol. The van der Waals surface area contributed by atoms with Crippen LogP contribution in [0.15, 0.2) is 0 Å². The average Bonchev–Trinajstić information content (AvgIpc) is 2.03. The van der Waals surface area contributed by atoms with Crippen molar-refractivity contribution in [1.82, 2.24) is 4.90 Å². The zero-order chi connectivity index (χ0) is 7.68. The molecule has 0 unspecified atom stereocenters. The van der Waals surface area contributed by atoms with E-state index >= 15 is 0 Å². The van der Waals surface area contributed by atoms with Crippen molar-refractivity contribution in [2.45, 2.75) is 50.6 Å². The normalized spacial score (nSPS) is 36.5. The second-order valence-electron chi connectivity index (χ2n) is 3.68. The Kier molecular flexibility index (Phi) is 1.73. The lowest BCUT2D eigenvalue weighted by Gasteiger charge is -2.42. The summed E-state index contributed by atoms with van der Waals surface area (Å²) < 4.78 is 0. The zero-order valence-corrected chi connectivity index (χ0v) is 6.79. The van der Waals surface area contributed by atoms with E-state index in [1.165, 1.54) is 38.5 Å². The van der Waals surface area contributed by atoms with Gasteiger partial charge in [-0.2, -0.15) is 5.26 Å². The molecule has 2 fully saturated rings. The fourth-order valence-corrected chi connectivity index (χ4v) is 2.48. The smallest absolute Gasteiger partial charge is 0.179 e. The summed E-state index contributed by atoms with van der Waals surface area (Å²) in [6, 6.07) is 1.21. The molecule has 60 valence electrons. The van der Waals surface area contributed by atoms with Gasteiger partial charge in [0, 0.05) is 12.1 Å². The highest BCUT2D eigenvalue weighted by atomic mass is 15.2. The lowest BCUT2D eigenvalue weighted by Crippen LogP contribution is -2.46. The van der Waals surface area contributed by atoms with Crippen molar-refractivity contribution < 1.29 is 0 Å². The Bertz CT molecular complexity index is 160. The Hall–Kier alpha value is -0.710. The zero-order valence-electron chi connectivity index (χ0n) is 6.79. The molecule has 0 atom stereocenters. The molecule has 2 heterocycles. The Labute approximate surface area is 67.8 Å². The molecule has 2 aliphatic heterocycles. The maximum absolute atomic E-state index is 8.87. The maximum Gasteiger partial charge on any atom is 0.179 e. The molecule has 0 aromatic heterocycles. The number of nitriles is 1. The first kappa shape index (κ1) is 6.97. The van der Waals surface area contributed by atoms with Crippen molar-refractivity contribution >= 4 is 0 Å². The molecule has 2 bridgehead atoms. The van der Waals surface area contributed by atoms with Gasteiger partial charge in [0.1, 0.15) is 0 Å². The lowest BCUT2D eigenvalue weighted by atomic mass is 9.85. The minimum atomic E-state index is 0.604. The molecule has 0 aromatic carbocycles.